The van der Waals surface area contributed by atoms with Gasteiger partial charge in [-0.15, -0.1) is 0 Å². The Bertz CT molecular complexity index is 470. The third-order valence-electron chi connectivity index (χ3n) is 4.62. The first kappa shape index (κ1) is 13.4. The Kier molecular flexibility index (Phi) is 4.15. The summed E-state index contributed by atoms with van der Waals surface area (Å²) in [6, 6.07) is 2.37. The van der Waals surface area contributed by atoms with Gasteiger partial charge in [0.15, 0.2) is 0 Å². The maximum absolute atomic E-state index is 9.05. The van der Waals surface area contributed by atoms with Crippen molar-refractivity contribution in [1.82, 2.24) is 9.97 Å². The van der Waals surface area contributed by atoms with Crippen LogP contribution in [0.4, 0.5) is 5.95 Å². The van der Waals surface area contributed by atoms with Gasteiger partial charge in [0.05, 0.1) is 12.0 Å². The summed E-state index contributed by atoms with van der Waals surface area (Å²) in [6.07, 6.45) is 12.7. The highest BCUT2D eigenvalue weighted by atomic mass is 15.2. The second-order valence-corrected chi connectivity index (χ2v) is 6.07. The summed E-state index contributed by atoms with van der Waals surface area (Å²) < 4.78 is 0. The summed E-state index contributed by atoms with van der Waals surface area (Å²) in [6.45, 7) is 1.75. The molecule has 0 bridgehead atoms. The fraction of sp³-hybridized carbons (Fsp3) is 0.688. The molecule has 4 nitrogen and oxygen atoms in total. The number of rotatable bonds is 2. The molecule has 1 aliphatic heterocycles. The van der Waals surface area contributed by atoms with Crippen molar-refractivity contribution in [2.75, 3.05) is 18.0 Å². The largest absolute Gasteiger partial charge is 0.340 e. The lowest BCUT2D eigenvalue weighted by Gasteiger charge is -2.29. The van der Waals surface area contributed by atoms with Gasteiger partial charge in [0, 0.05) is 25.5 Å². The zero-order valence-electron chi connectivity index (χ0n) is 12.0. The van der Waals surface area contributed by atoms with Gasteiger partial charge in [-0.1, -0.05) is 19.3 Å². The lowest BCUT2D eigenvalue weighted by molar-refractivity contribution is 0.441. The Morgan fingerprint density at radius 3 is 2.50 bits per heavy atom. The van der Waals surface area contributed by atoms with Crippen molar-refractivity contribution < 1.29 is 0 Å². The summed E-state index contributed by atoms with van der Waals surface area (Å²) in [4.78, 5) is 11.3. The Labute approximate surface area is 120 Å². The third kappa shape index (κ3) is 2.92. The first-order chi connectivity index (χ1) is 9.86. The van der Waals surface area contributed by atoms with Crippen molar-refractivity contribution in [2.24, 2.45) is 5.92 Å². The molecule has 106 valence electrons. The molecular weight excluding hydrogens is 248 g/mol. The highest BCUT2D eigenvalue weighted by Crippen LogP contribution is 2.32. The van der Waals surface area contributed by atoms with Crippen LogP contribution in [0.2, 0.25) is 0 Å². The van der Waals surface area contributed by atoms with E-state index in [1.165, 1.54) is 37.7 Å². The summed E-state index contributed by atoms with van der Waals surface area (Å²) in [7, 11) is 0. The van der Waals surface area contributed by atoms with Gasteiger partial charge in [-0.2, -0.15) is 5.26 Å². The van der Waals surface area contributed by atoms with E-state index in [2.05, 4.69) is 20.9 Å². The van der Waals surface area contributed by atoms with Crippen LogP contribution < -0.4 is 4.90 Å². The van der Waals surface area contributed by atoms with E-state index in [4.69, 9.17) is 5.26 Å². The summed E-state index contributed by atoms with van der Waals surface area (Å²) in [5, 5.41) is 9.05. The number of hydrogen-bond donors (Lipinski definition) is 0. The molecule has 2 fully saturated rings. The maximum Gasteiger partial charge on any atom is 0.225 e. The normalized spacial score (nSPS) is 24.4. The highest BCUT2D eigenvalue weighted by Gasteiger charge is 2.22. The van der Waals surface area contributed by atoms with Crippen molar-refractivity contribution in [1.29, 1.82) is 5.26 Å². The Balaban J connectivity index is 1.67. The molecule has 1 aliphatic carbocycles. The summed E-state index contributed by atoms with van der Waals surface area (Å²) in [5.41, 5.74) is 1.29. The number of nitrogens with zero attached hydrogens (tertiary/aromatic N) is 4. The van der Waals surface area contributed by atoms with Gasteiger partial charge >= 0.3 is 0 Å². The molecule has 0 radical (unpaired) electrons. The molecule has 4 heteroatoms. The minimum absolute atomic E-state index is 0.130. The molecule has 1 aromatic rings. The molecule has 1 saturated carbocycles. The number of piperidine rings is 1. The van der Waals surface area contributed by atoms with Gasteiger partial charge in [-0.05, 0) is 37.2 Å². The van der Waals surface area contributed by atoms with Crippen LogP contribution in [-0.2, 0) is 0 Å². The van der Waals surface area contributed by atoms with Gasteiger partial charge in [0.1, 0.15) is 0 Å². The predicted octanol–water partition coefficient (Wildman–Crippen LogP) is 3.26. The molecule has 3 rings (SSSR count). The van der Waals surface area contributed by atoms with Crippen LogP contribution in [0.3, 0.4) is 0 Å². The average molecular weight is 270 g/mol. The maximum atomic E-state index is 9.05. The molecule has 1 unspecified atom stereocenters. The Morgan fingerprint density at radius 1 is 1.05 bits per heavy atom. The second kappa shape index (κ2) is 6.21. The third-order valence-corrected chi connectivity index (χ3v) is 4.62. The van der Waals surface area contributed by atoms with E-state index in [0.717, 1.165) is 31.9 Å². The molecular formula is C16H22N4. The van der Waals surface area contributed by atoms with Crippen molar-refractivity contribution in [3.8, 4) is 6.07 Å². The number of nitriles is 1. The lowest BCUT2D eigenvalue weighted by atomic mass is 9.85. The second-order valence-electron chi connectivity index (χ2n) is 6.07. The van der Waals surface area contributed by atoms with Gasteiger partial charge in [0.25, 0.3) is 0 Å². The molecule has 0 spiro atoms. The zero-order chi connectivity index (χ0) is 13.8. The molecule has 1 saturated heterocycles. The quantitative estimate of drug-likeness (QED) is 0.827. The van der Waals surface area contributed by atoms with Crippen LogP contribution in [0.15, 0.2) is 12.4 Å². The van der Waals surface area contributed by atoms with E-state index in [0.29, 0.717) is 5.92 Å². The van der Waals surface area contributed by atoms with Gasteiger partial charge in [0.2, 0.25) is 5.95 Å². The van der Waals surface area contributed by atoms with Crippen LogP contribution >= 0.6 is 0 Å². The van der Waals surface area contributed by atoms with E-state index in [-0.39, 0.29) is 5.92 Å². The molecule has 1 atom stereocenters. The minimum atomic E-state index is 0.130. The van der Waals surface area contributed by atoms with Crippen LogP contribution in [0.25, 0.3) is 0 Å². The predicted molar refractivity (Wildman–Crippen MR) is 78.4 cm³/mol. The fourth-order valence-electron chi connectivity index (χ4n) is 3.41. The zero-order valence-corrected chi connectivity index (χ0v) is 12.0. The lowest BCUT2D eigenvalue weighted by Crippen LogP contribution is -2.36. The highest BCUT2D eigenvalue weighted by molar-refractivity contribution is 5.32. The first-order valence-corrected chi connectivity index (χ1v) is 7.83. The number of aromatic nitrogens is 2. The smallest absolute Gasteiger partial charge is 0.225 e. The van der Waals surface area contributed by atoms with Gasteiger partial charge < -0.3 is 4.90 Å². The molecule has 2 heterocycles. The Hall–Kier alpha value is -1.63. The first-order valence-electron chi connectivity index (χ1n) is 7.83. The van der Waals surface area contributed by atoms with Crippen molar-refractivity contribution >= 4 is 5.95 Å². The van der Waals surface area contributed by atoms with Crippen LogP contribution in [-0.4, -0.2) is 23.1 Å². The molecule has 0 N–H and O–H groups in total. The molecule has 2 aliphatic rings. The minimum Gasteiger partial charge on any atom is -0.340 e. The average Bonchev–Trinajstić information content (AvgIpc) is 2.56. The SMILES string of the molecule is N#CC1CCCN(c2ncc(C3CCCCC3)cn2)C1. The topological polar surface area (TPSA) is 52.8 Å². The number of anilines is 1. The summed E-state index contributed by atoms with van der Waals surface area (Å²) >= 11 is 0. The van der Waals surface area contributed by atoms with E-state index in [9.17, 15) is 0 Å². The van der Waals surface area contributed by atoms with Crippen LogP contribution in [0.5, 0.6) is 0 Å². The van der Waals surface area contributed by atoms with E-state index < -0.39 is 0 Å². The Morgan fingerprint density at radius 2 is 1.80 bits per heavy atom. The molecule has 1 aromatic heterocycles. The van der Waals surface area contributed by atoms with Crippen LogP contribution in [0, 0.1) is 17.2 Å². The van der Waals surface area contributed by atoms with E-state index in [1.54, 1.807) is 0 Å². The molecule has 0 aromatic carbocycles. The van der Waals surface area contributed by atoms with Crippen LogP contribution in [0.1, 0.15) is 56.4 Å². The van der Waals surface area contributed by atoms with Crippen molar-refractivity contribution in [3.63, 3.8) is 0 Å². The van der Waals surface area contributed by atoms with E-state index in [1.807, 2.05) is 12.4 Å². The molecule has 20 heavy (non-hydrogen) atoms. The van der Waals surface area contributed by atoms with Gasteiger partial charge in [-0.3, -0.25) is 0 Å². The number of hydrogen-bond acceptors (Lipinski definition) is 4. The van der Waals surface area contributed by atoms with Crippen molar-refractivity contribution in [2.45, 2.75) is 50.9 Å². The summed E-state index contributed by atoms with van der Waals surface area (Å²) in [5.74, 6) is 1.58. The fourth-order valence-corrected chi connectivity index (χ4v) is 3.41. The van der Waals surface area contributed by atoms with E-state index >= 15 is 0 Å². The monoisotopic (exact) mass is 270 g/mol. The van der Waals surface area contributed by atoms with Gasteiger partial charge in [-0.25, -0.2) is 9.97 Å². The standard InChI is InChI=1S/C16H22N4/c17-9-13-5-4-8-20(12-13)16-18-10-15(11-19-16)14-6-2-1-3-7-14/h10-11,13-14H,1-8,12H2. The van der Waals surface area contributed by atoms with Crippen molar-refractivity contribution in [3.05, 3.63) is 18.0 Å². The molecule has 0 amide bonds.